The largest absolute Gasteiger partial charge is 0.504 e. The van der Waals surface area contributed by atoms with Crippen LogP contribution in [0.25, 0.3) is 10.9 Å². The Hall–Kier alpha value is -3.36. The average molecular weight is 546 g/mol. The number of piperidine rings is 1. The van der Waals surface area contributed by atoms with E-state index in [1.54, 1.807) is 6.07 Å². The number of hydrogen-bond donors (Lipinski definition) is 5. The minimum Gasteiger partial charge on any atom is -0.504 e. The Morgan fingerprint density at radius 2 is 1.82 bits per heavy atom. The second-order valence-electron chi connectivity index (χ2n) is 11.9. The predicted molar refractivity (Wildman–Crippen MR) is 160 cm³/mol. The van der Waals surface area contributed by atoms with Gasteiger partial charge in [-0.05, 0) is 81.9 Å². The highest BCUT2D eigenvalue weighted by Crippen LogP contribution is 2.57. The number of aliphatic imine (C=N–C) groups is 1. The van der Waals surface area contributed by atoms with Crippen LogP contribution in [0, 0.1) is 6.92 Å². The molecule has 0 saturated carbocycles. The SMILES string of the molecule is Cc1cc2ccccc2nc1CC12CCN(CCCCCCCN=C(N)N)C(Cc3ccc(O)c(O)c31)C2(C)O. The minimum absolute atomic E-state index is 0.0969. The molecule has 2 heterocycles. The monoisotopic (exact) mass is 545 g/mol. The number of likely N-dealkylation sites (tertiary alicyclic amines) is 1. The number of phenolic OH excluding ortho intramolecular Hbond substituents is 2. The summed E-state index contributed by atoms with van der Waals surface area (Å²) in [6, 6.07) is 13.6. The highest BCUT2D eigenvalue weighted by Gasteiger charge is 2.61. The zero-order valence-corrected chi connectivity index (χ0v) is 23.7. The molecule has 0 radical (unpaired) electrons. The molecule has 1 aliphatic heterocycles. The summed E-state index contributed by atoms with van der Waals surface area (Å²) < 4.78 is 0. The van der Waals surface area contributed by atoms with E-state index < -0.39 is 11.0 Å². The number of aromatic nitrogens is 1. The maximum atomic E-state index is 12.5. The number of nitrogens with two attached hydrogens (primary N) is 2. The van der Waals surface area contributed by atoms with Crippen LogP contribution in [-0.4, -0.2) is 62.4 Å². The van der Waals surface area contributed by atoms with E-state index in [1.807, 2.05) is 31.2 Å². The van der Waals surface area contributed by atoms with Crippen LogP contribution in [0.4, 0.5) is 0 Å². The Morgan fingerprint density at radius 3 is 2.62 bits per heavy atom. The number of pyridine rings is 1. The first-order valence-corrected chi connectivity index (χ1v) is 14.6. The van der Waals surface area contributed by atoms with E-state index in [0.717, 1.165) is 72.9 Å². The molecule has 8 heteroatoms. The molecule has 2 aromatic carbocycles. The van der Waals surface area contributed by atoms with Gasteiger partial charge in [0.2, 0.25) is 0 Å². The second-order valence-corrected chi connectivity index (χ2v) is 11.9. The minimum atomic E-state index is -1.14. The third-order valence-electron chi connectivity index (χ3n) is 9.41. The Balaban J connectivity index is 1.40. The normalized spacial score (nSPS) is 24.1. The summed E-state index contributed by atoms with van der Waals surface area (Å²) in [5.74, 6) is -0.0981. The van der Waals surface area contributed by atoms with Gasteiger partial charge in [0, 0.05) is 41.1 Å². The van der Waals surface area contributed by atoms with Crippen molar-refractivity contribution in [1.82, 2.24) is 9.88 Å². The number of para-hydroxylation sites is 1. The first-order chi connectivity index (χ1) is 19.1. The molecule has 2 aliphatic rings. The van der Waals surface area contributed by atoms with Crippen LogP contribution < -0.4 is 11.5 Å². The van der Waals surface area contributed by atoms with Gasteiger partial charge >= 0.3 is 0 Å². The van der Waals surface area contributed by atoms with Gasteiger partial charge in [-0.2, -0.15) is 0 Å². The summed E-state index contributed by atoms with van der Waals surface area (Å²) in [7, 11) is 0. The van der Waals surface area contributed by atoms with Crippen molar-refractivity contribution >= 4 is 16.9 Å². The van der Waals surface area contributed by atoms with E-state index in [-0.39, 0.29) is 23.5 Å². The molecular formula is C32H43N5O3. The fourth-order valence-electron chi connectivity index (χ4n) is 7.17. The van der Waals surface area contributed by atoms with E-state index in [0.29, 0.717) is 31.4 Å². The molecule has 0 spiro atoms. The maximum Gasteiger partial charge on any atom is 0.185 e. The van der Waals surface area contributed by atoms with Gasteiger partial charge in [-0.15, -0.1) is 0 Å². The average Bonchev–Trinajstić information content (AvgIpc) is 2.90. The molecular weight excluding hydrogens is 502 g/mol. The lowest BCUT2D eigenvalue weighted by atomic mass is 9.53. The zero-order valence-electron chi connectivity index (χ0n) is 23.7. The van der Waals surface area contributed by atoms with Gasteiger partial charge in [0.05, 0.1) is 11.1 Å². The van der Waals surface area contributed by atoms with Crippen LogP contribution in [0.15, 0.2) is 47.5 Å². The van der Waals surface area contributed by atoms with Crippen molar-refractivity contribution in [3.05, 3.63) is 64.8 Å². The molecule has 1 aromatic heterocycles. The van der Waals surface area contributed by atoms with Crippen molar-refractivity contribution in [2.75, 3.05) is 19.6 Å². The van der Waals surface area contributed by atoms with Gasteiger partial charge in [0.15, 0.2) is 17.5 Å². The fraction of sp³-hybridized carbons (Fsp3) is 0.500. The number of benzene rings is 2. The second kappa shape index (κ2) is 11.3. The van der Waals surface area contributed by atoms with Gasteiger partial charge in [-0.3, -0.25) is 14.9 Å². The highest BCUT2D eigenvalue weighted by atomic mass is 16.3. The van der Waals surface area contributed by atoms with E-state index in [1.165, 1.54) is 0 Å². The van der Waals surface area contributed by atoms with Gasteiger partial charge in [-0.1, -0.05) is 43.5 Å². The number of hydrogen-bond acceptors (Lipinski definition) is 6. The molecule has 3 atom stereocenters. The Morgan fingerprint density at radius 1 is 1.07 bits per heavy atom. The first kappa shape index (κ1) is 28.2. The lowest BCUT2D eigenvalue weighted by Crippen LogP contribution is -2.71. The third kappa shape index (κ3) is 5.10. The van der Waals surface area contributed by atoms with Crippen LogP contribution in [0.1, 0.15) is 67.8 Å². The predicted octanol–water partition coefficient (Wildman–Crippen LogP) is 4.04. The molecule has 40 heavy (non-hydrogen) atoms. The molecule has 8 nitrogen and oxygen atoms in total. The molecule has 1 fully saturated rings. The Labute approximate surface area is 236 Å². The molecule has 214 valence electrons. The molecule has 2 bridgehead atoms. The third-order valence-corrected chi connectivity index (χ3v) is 9.41. The first-order valence-electron chi connectivity index (χ1n) is 14.6. The number of rotatable bonds is 10. The number of guanidine groups is 1. The number of aliphatic hydroxyl groups is 1. The smallest absolute Gasteiger partial charge is 0.185 e. The van der Waals surface area contributed by atoms with Crippen LogP contribution in [0.3, 0.4) is 0 Å². The number of unbranched alkanes of at least 4 members (excludes halogenated alkanes) is 4. The molecule has 3 unspecified atom stereocenters. The number of fused-ring (bicyclic) bond motifs is 5. The Bertz CT molecular complexity index is 1400. The number of nitrogens with zero attached hydrogens (tertiary/aromatic N) is 3. The van der Waals surface area contributed by atoms with Crippen LogP contribution >= 0.6 is 0 Å². The van der Waals surface area contributed by atoms with E-state index in [9.17, 15) is 15.3 Å². The molecule has 3 aromatic rings. The lowest BCUT2D eigenvalue weighted by Gasteiger charge is -2.60. The van der Waals surface area contributed by atoms with E-state index in [2.05, 4.69) is 28.9 Å². The molecule has 7 N–H and O–H groups in total. The molecule has 1 saturated heterocycles. The van der Waals surface area contributed by atoms with Gasteiger partial charge in [0.1, 0.15) is 0 Å². The molecule has 1 aliphatic carbocycles. The van der Waals surface area contributed by atoms with Crippen LogP contribution in [0.2, 0.25) is 0 Å². The van der Waals surface area contributed by atoms with Crippen molar-refractivity contribution in [3.63, 3.8) is 0 Å². The van der Waals surface area contributed by atoms with Crippen molar-refractivity contribution in [2.45, 2.75) is 82.3 Å². The highest BCUT2D eigenvalue weighted by molar-refractivity contribution is 5.79. The summed E-state index contributed by atoms with van der Waals surface area (Å²) >= 11 is 0. The van der Waals surface area contributed by atoms with Crippen molar-refractivity contribution in [3.8, 4) is 11.5 Å². The number of phenols is 2. The summed E-state index contributed by atoms with van der Waals surface area (Å²) in [6.45, 7) is 6.39. The van der Waals surface area contributed by atoms with Crippen LogP contribution in [-0.2, 0) is 18.3 Å². The number of aromatic hydroxyl groups is 2. The lowest BCUT2D eigenvalue weighted by molar-refractivity contribution is -0.135. The quantitative estimate of drug-likeness (QED) is 0.112. The van der Waals surface area contributed by atoms with Gasteiger partial charge in [-0.25, -0.2) is 0 Å². The van der Waals surface area contributed by atoms with Gasteiger partial charge in [0.25, 0.3) is 0 Å². The molecule has 0 amide bonds. The summed E-state index contributed by atoms with van der Waals surface area (Å²) in [4.78, 5) is 11.5. The van der Waals surface area contributed by atoms with Crippen LogP contribution in [0.5, 0.6) is 11.5 Å². The summed E-state index contributed by atoms with van der Waals surface area (Å²) in [6.07, 6.45) is 7.15. The fourth-order valence-corrected chi connectivity index (χ4v) is 7.17. The van der Waals surface area contributed by atoms with E-state index in [4.69, 9.17) is 16.5 Å². The van der Waals surface area contributed by atoms with Crippen molar-refractivity contribution in [2.24, 2.45) is 16.5 Å². The standard InChI is InChI=1S/C32H43N5O3/c1-21-18-22-10-6-7-11-24(22)36-25(21)20-32-14-17-37(16-9-5-3-4-8-15-35-30(33)34)27(31(32,2)40)19-23-12-13-26(38)29(39)28(23)32/h6-7,10-13,18,27,38-40H,3-5,8-9,14-17,19-20H2,1-2H3,(H4,33,34,35). The zero-order chi connectivity index (χ0) is 28.5. The topological polar surface area (TPSA) is 141 Å². The Kier molecular flexibility index (Phi) is 7.93. The van der Waals surface area contributed by atoms with Crippen molar-refractivity contribution < 1.29 is 15.3 Å². The molecule has 5 rings (SSSR count). The number of aryl methyl sites for hydroxylation is 1. The maximum absolute atomic E-state index is 12.5. The van der Waals surface area contributed by atoms with Crippen molar-refractivity contribution in [1.29, 1.82) is 0 Å². The van der Waals surface area contributed by atoms with E-state index >= 15 is 0 Å². The van der Waals surface area contributed by atoms with Gasteiger partial charge < -0.3 is 26.8 Å². The summed E-state index contributed by atoms with van der Waals surface area (Å²) in [5.41, 5.74) is 13.5. The summed E-state index contributed by atoms with van der Waals surface area (Å²) in [5, 5.41) is 35.3.